The van der Waals surface area contributed by atoms with E-state index in [2.05, 4.69) is 25.3 Å². The Kier molecular flexibility index (Phi) is 7.95. The predicted octanol–water partition coefficient (Wildman–Crippen LogP) is -0.937. The number of nitrogens with one attached hydrogen (secondary N) is 2. The monoisotopic (exact) mass is 660 g/mol. The van der Waals surface area contributed by atoms with Crippen LogP contribution in [-0.2, 0) is 30.6 Å². The highest BCUT2D eigenvalue weighted by molar-refractivity contribution is 8.00. The van der Waals surface area contributed by atoms with Crippen molar-refractivity contribution < 1.29 is 38.8 Å². The highest BCUT2D eigenvalue weighted by Crippen LogP contribution is 2.40. The Bertz CT molecular complexity index is 1770. The Hall–Kier alpha value is -4.19. The van der Waals surface area contributed by atoms with Crippen molar-refractivity contribution in [3.63, 3.8) is 0 Å². The van der Waals surface area contributed by atoms with Gasteiger partial charge in [-0.05, 0) is 13.0 Å². The molecule has 0 radical (unpaired) electrons. The molecule has 3 aromatic heterocycles. The van der Waals surface area contributed by atoms with Crippen molar-refractivity contribution in [1.82, 2.24) is 25.1 Å². The fourth-order valence-electron chi connectivity index (χ4n) is 5.15. The maximum atomic E-state index is 13.3. The SMILES string of the molecule is C[C@H](O/N=C(\C(=O)NC1C(=O)N2C(C(=O)[O-])=C(C[n+]3cccc4c3ccn4C3CNC3)CSC12)c1nc(N)sc1Cl)C(=O)O. The van der Waals surface area contributed by atoms with Gasteiger partial charge in [0.1, 0.15) is 27.0 Å². The number of amides is 2. The lowest BCUT2D eigenvalue weighted by Gasteiger charge is -2.50. The zero-order valence-electron chi connectivity index (χ0n) is 22.9. The van der Waals surface area contributed by atoms with Crippen LogP contribution in [-0.4, -0.2) is 85.4 Å². The summed E-state index contributed by atoms with van der Waals surface area (Å²) in [5, 5.41) is 30.2. The third kappa shape index (κ3) is 5.25. The average Bonchev–Trinajstić information content (AvgIpc) is 3.53. The van der Waals surface area contributed by atoms with Gasteiger partial charge in [0, 0.05) is 42.7 Å². The van der Waals surface area contributed by atoms with Gasteiger partial charge in [-0.3, -0.25) is 14.5 Å². The van der Waals surface area contributed by atoms with Crippen molar-refractivity contribution in [2.75, 3.05) is 24.6 Å². The van der Waals surface area contributed by atoms with Crippen LogP contribution in [0.3, 0.4) is 0 Å². The first-order valence-corrected chi connectivity index (χ1v) is 15.6. The van der Waals surface area contributed by atoms with Crippen LogP contribution >= 0.6 is 34.7 Å². The molecule has 0 aromatic carbocycles. The van der Waals surface area contributed by atoms with Crippen LogP contribution in [0.2, 0.25) is 4.34 Å². The first-order valence-electron chi connectivity index (χ1n) is 13.3. The molecule has 44 heavy (non-hydrogen) atoms. The van der Waals surface area contributed by atoms with E-state index in [9.17, 15) is 24.3 Å². The van der Waals surface area contributed by atoms with E-state index in [-0.39, 0.29) is 33.2 Å². The number of carboxylic acids is 2. The molecule has 3 aliphatic rings. The Balaban J connectivity index is 1.23. The van der Waals surface area contributed by atoms with Gasteiger partial charge in [0.05, 0.1) is 17.7 Å². The van der Waals surface area contributed by atoms with Crippen LogP contribution < -0.4 is 26.0 Å². The van der Waals surface area contributed by atoms with Crippen molar-refractivity contribution >= 4 is 80.3 Å². The standard InChI is InChI=1S/C26H25ClN8O7S2/c1-11(24(38)39)42-32-17(16-20(27)44-26(28)31-16)21(36)30-18-22(37)35-19(25(40)41)12(10-43-23(18)35)9-33-5-2-3-15-14(33)4-6-34(15)13-7-29-8-13/h2-6,11,13,18,23,29H,7-10H2,1H3,(H4-,28,30,31,36,38,39,40,41)/b32-17-/t11-,18?,23?/m0/s1. The minimum absolute atomic E-state index is 0.00406. The van der Waals surface area contributed by atoms with Gasteiger partial charge in [0.2, 0.25) is 11.6 Å². The number of nitrogens with zero attached hydrogens (tertiary/aromatic N) is 5. The third-order valence-electron chi connectivity index (χ3n) is 7.50. The first kappa shape index (κ1) is 29.9. The number of carbonyl (C=O) groups excluding carboxylic acids is 3. The summed E-state index contributed by atoms with van der Waals surface area (Å²) < 4.78 is 4.12. The van der Waals surface area contributed by atoms with E-state index >= 15 is 0 Å². The zero-order valence-corrected chi connectivity index (χ0v) is 25.3. The second-order valence-electron chi connectivity index (χ2n) is 10.2. The van der Waals surface area contributed by atoms with Crippen LogP contribution in [0, 0.1) is 0 Å². The molecular formula is C26H25ClN8O7S2. The summed E-state index contributed by atoms with van der Waals surface area (Å²) in [5.74, 6) is -4.18. The molecule has 3 aliphatic heterocycles. The number of halogens is 1. The number of aliphatic carboxylic acids is 2. The molecule has 6 heterocycles. The summed E-state index contributed by atoms with van der Waals surface area (Å²) in [6, 6.07) is 5.11. The number of pyridine rings is 1. The van der Waals surface area contributed by atoms with Crippen LogP contribution in [0.25, 0.3) is 11.0 Å². The van der Waals surface area contributed by atoms with Crippen LogP contribution in [0.1, 0.15) is 18.7 Å². The second-order valence-corrected chi connectivity index (χ2v) is 13.0. The molecule has 3 aromatic rings. The summed E-state index contributed by atoms with van der Waals surface area (Å²) in [6.07, 6.45) is 2.46. The normalized spacial score (nSPS) is 21.0. The number of thioether (sulfide) groups is 1. The van der Waals surface area contributed by atoms with Crippen LogP contribution in [0.5, 0.6) is 0 Å². The minimum Gasteiger partial charge on any atom is -0.543 e. The minimum atomic E-state index is -1.50. The number of anilines is 1. The number of rotatable bonds is 10. The Morgan fingerprint density at radius 2 is 2.16 bits per heavy atom. The third-order valence-corrected chi connectivity index (χ3v) is 9.92. The highest BCUT2D eigenvalue weighted by Gasteiger charge is 2.53. The van der Waals surface area contributed by atoms with Crippen molar-refractivity contribution in [3.05, 3.63) is 51.9 Å². The molecule has 2 unspecified atom stereocenters. The number of β-lactam (4-membered cyclic amide) rings is 1. The molecule has 2 saturated heterocycles. The van der Waals surface area contributed by atoms with E-state index in [0.29, 0.717) is 11.6 Å². The maximum absolute atomic E-state index is 13.3. The van der Waals surface area contributed by atoms with Gasteiger partial charge >= 0.3 is 5.97 Å². The van der Waals surface area contributed by atoms with E-state index in [0.717, 1.165) is 40.4 Å². The molecule has 18 heteroatoms. The number of oxime groups is 1. The highest BCUT2D eigenvalue weighted by atomic mass is 35.5. The van der Waals surface area contributed by atoms with E-state index in [1.165, 1.54) is 18.7 Å². The molecule has 0 saturated carbocycles. The van der Waals surface area contributed by atoms with Gasteiger partial charge in [0.25, 0.3) is 11.8 Å². The number of hydrogen-bond donors (Lipinski definition) is 4. The molecule has 15 nitrogen and oxygen atoms in total. The molecule has 0 bridgehead atoms. The van der Waals surface area contributed by atoms with Crippen LogP contribution in [0.4, 0.5) is 5.13 Å². The number of nitrogen functional groups attached to an aromatic ring is 1. The lowest BCUT2D eigenvalue weighted by atomic mass is 10.0. The molecule has 5 N–H and O–H groups in total. The molecular weight excluding hydrogens is 636 g/mol. The Morgan fingerprint density at radius 3 is 2.80 bits per heavy atom. The molecule has 0 spiro atoms. The summed E-state index contributed by atoms with van der Waals surface area (Å²) in [4.78, 5) is 60.2. The van der Waals surface area contributed by atoms with Crippen molar-refractivity contribution in [1.29, 1.82) is 0 Å². The van der Waals surface area contributed by atoms with E-state index < -0.39 is 47.0 Å². The van der Waals surface area contributed by atoms with Gasteiger partial charge in [0.15, 0.2) is 23.6 Å². The average molecular weight is 661 g/mol. The molecule has 6 rings (SSSR count). The van der Waals surface area contributed by atoms with Crippen molar-refractivity contribution in [3.8, 4) is 0 Å². The molecule has 3 atom stereocenters. The largest absolute Gasteiger partial charge is 0.543 e. The number of fused-ring (bicyclic) bond motifs is 2. The predicted molar refractivity (Wildman–Crippen MR) is 157 cm³/mol. The number of aromatic nitrogens is 3. The first-order chi connectivity index (χ1) is 21.0. The number of thiazole rings is 1. The van der Waals surface area contributed by atoms with Crippen molar-refractivity contribution in [2.24, 2.45) is 5.16 Å². The number of nitrogens with two attached hydrogens (primary N) is 1. The van der Waals surface area contributed by atoms with Gasteiger partial charge < -0.3 is 40.8 Å². The van der Waals surface area contributed by atoms with E-state index in [1.54, 1.807) is 0 Å². The van der Waals surface area contributed by atoms with Gasteiger partial charge in [-0.1, -0.05) is 28.1 Å². The molecule has 230 valence electrons. The topological polar surface area (TPSA) is 208 Å². The summed E-state index contributed by atoms with van der Waals surface area (Å²) >= 11 is 8.31. The van der Waals surface area contributed by atoms with Crippen molar-refractivity contribution in [2.45, 2.75) is 37.0 Å². The van der Waals surface area contributed by atoms with Gasteiger partial charge in [-0.15, -0.1) is 11.8 Å². The lowest BCUT2D eigenvalue weighted by Crippen LogP contribution is -2.71. The summed E-state index contributed by atoms with van der Waals surface area (Å²) in [7, 11) is 0. The fourth-order valence-corrected chi connectivity index (χ4v) is 7.41. The number of hydrogen-bond acceptors (Lipinski definition) is 12. The van der Waals surface area contributed by atoms with E-state index in [4.69, 9.17) is 27.3 Å². The van der Waals surface area contributed by atoms with Crippen LogP contribution in [0.15, 0.2) is 47.0 Å². The maximum Gasteiger partial charge on any atom is 0.347 e. The second kappa shape index (κ2) is 11.7. The molecule has 0 aliphatic carbocycles. The molecule has 2 amide bonds. The van der Waals surface area contributed by atoms with E-state index in [1.807, 2.05) is 35.2 Å². The smallest absolute Gasteiger partial charge is 0.347 e. The van der Waals surface area contributed by atoms with Gasteiger partial charge in [-0.25, -0.2) is 9.78 Å². The lowest BCUT2D eigenvalue weighted by molar-refractivity contribution is -0.663. The fraction of sp³-hybridized carbons (Fsp3) is 0.346. The molecule has 2 fully saturated rings. The Labute approximate surface area is 262 Å². The quantitative estimate of drug-likeness (QED) is 0.0903. The Morgan fingerprint density at radius 1 is 1.39 bits per heavy atom. The summed E-state index contributed by atoms with van der Waals surface area (Å²) in [6.45, 7) is 3.17. The van der Waals surface area contributed by atoms with Gasteiger partial charge in [-0.2, -0.15) is 4.57 Å². The summed E-state index contributed by atoms with van der Waals surface area (Å²) in [5.41, 5.74) is 7.24. The number of carbonyl (C=O) groups is 4. The number of carboxylic acid groups (broad SMARTS) is 2. The zero-order chi connectivity index (χ0) is 31.3.